The largest absolute Gasteiger partial charge is 0.329 e. The number of hydrogen-bond acceptors (Lipinski definition) is 3. The molecule has 1 unspecified atom stereocenters. The first-order valence-corrected chi connectivity index (χ1v) is 6.93. The third kappa shape index (κ3) is 4.74. The van der Waals surface area contributed by atoms with Crippen LogP contribution in [0.15, 0.2) is 30.3 Å². The second kappa shape index (κ2) is 5.98. The van der Waals surface area contributed by atoms with Crippen LogP contribution in [-0.2, 0) is 16.4 Å². The zero-order valence-electron chi connectivity index (χ0n) is 9.39. The molecule has 5 heteroatoms. The van der Waals surface area contributed by atoms with Gasteiger partial charge in [0.1, 0.15) is 0 Å². The Kier molecular flexibility index (Phi) is 4.92. The van der Waals surface area contributed by atoms with Crippen LogP contribution in [0.5, 0.6) is 0 Å². The zero-order chi connectivity index (χ0) is 12.0. The van der Waals surface area contributed by atoms with Gasteiger partial charge in [-0.25, -0.2) is 13.1 Å². The fraction of sp³-hybridized carbons (Fsp3) is 0.455. The molecule has 0 saturated carbocycles. The minimum absolute atomic E-state index is 0.0217. The lowest BCUT2D eigenvalue weighted by Gasteiger charge is -2.13. The molecule has 0 fully saturated rings. The topological polar surface area (TPSA) is 72.2 Å². The molecule has 4 nitrogen and oxygen atoms in total. The predicted octanol–water partition coefficient (Wildman–Crippen LogP) is 0.496. The molecule has 1 aromatic rings. The van der Waals surface area contributed by atoms with Crippen molar-refractivity contribution in [3.05, 3.63) is 35.9 Å². The van der Waals surface area contributed by atoms with Crippen molar-refractivity contribution in [3.8, 4) is 0 Å². The summed E-state index contributed by atoms with van der Waals surface area (Å²) in [5.41, 5.74) is 6.34. The fourth-order valence-electron chi connectivity index (χ4n) is 1.53. The molecule has 16 heavy (non-hydrogen) atoms. The standard InChI is InChI=1S/C11H18N2O2S/c1-10(13-16(14,15)8-7-12)9-11-5-3-2-4-6-11/h2-6,10,13H,7-9,12H2,1H3. The third-order valence-corrected chi connectivity index (χ3v) is 3.69. The van der Waals surface area contributed by atoms with Crippen LogP contribution in [0, 0.1) is 0 Å². The Balaban J connectivity index is 2.51. The van der Waals surface area contributed by atoms with Crippen LogP contribution >= 0.6 is 0 Å². The maximum atomic E-state index is 11.4. The van der Waals surface area contributed by atoms with Gasteiger partial charge in [0.15, 0.2) is 0 Å². The molecule has 1 rings (SSSR count). The molecule has 1 aromatic carbocycles. The maximum Gasteiger partial charge on any atom is 0.213 e. The average molecular weight is 242 g/mol. The minimum atomic E-state index is -3.23. The van der Waals surface area contributed by atoms with Crippen LogP contribution in [0.4, 0.5) is 0 Å². The summed E-state index contributed by atoms with van der Waals surface area (Å²) in [6.07, 6.45) is 0.685. The van der Waals surface area contributed by atoms with Crippen molar-refractivity contribution in [2.75, 3.05) is 12.3 Å². The normalized spacial score (nSPS) is 13.6. The quantitative estimate of drug-likeness (QED) is 0.763. The summed E-state index contributed by atoms with van der Waals surface area (Å²) in [6, 6.07) is 9.67. The van der Waals surface area contributed by atoms with Gasteiger partial charge in [-0.2, -0.15) is 0 Å². The van der Waals surface area contributed by atoms with E-state index in [9.17, 15) is 8.42 Å². The van der Waals surface area contributed by atoms with E-state index in [1.165, 1.54) is 0 Å². The van der Waals surface area contributed by atoms with Crippen molar-refractivity contribution >= 4 is 10.0 Å². The van der Waals surface area contributed by atoms with Crippen molar-refractivity contribution < 1.29 is 8.42 Å². The van der Waals surface area contributed by atoms with Gasteiger partial charge in [0, 0.05) is 12.6 Å². The van der Waals surface area contributed by atoms with E-state index in [2.05, 4.69) is 4.72 Å². The average Bonchev–Trinajstić information content (AvgIpc) is 2.17. The summed E-state index contributed by atoms with van der Waals surface area (Å²) < 4.78 is 25.5. The van der Waals surface area contributed by atoms with Gasteiger partial charge < -0.3 is 5.73 Å². The molecule has 0 bridgehead atoms. The van der Waals surface area contributed by atoms with Gasteiger partial charge in [-0.3, -0.25) is 0 Å². The van der Waals surface area contributed by atoms with Crippen LogP contribution in [0.3, 0.4) is 0 Å². The Labute approximate surface area is 96.9 Å². The second-order valence-corrected chi connectivity index (χ2v) is 5.69. The lowest BCUT2D eigenvalue weighted by molar-refractivity contribution is 0.559. The zero-order valence-corrected chi connectivity index (χ0v) is 10.2. The first-order valence-electron chi connectivity index (χ1n) is 5.27. The summed E-state index contributed by atoms with van der Waals surface area (Å²) in [6.45, 7) is 1.99. The van der Waals surface area contributed by atoms with Crippen molar-refractivity contribution in [2.45, 2.75) is 19.4 Å². The van der Waals surface area contributed by atoms with Crippen molar-refractivity contribution in [2.24, 2.45) is 5.73 Å². The van der Waals surface area contributed by atoms with E-state index in [4.69, 9.17) is 5.73 Å². The Hall–Kier alpha value is -0.910. The van der Waals surface area contributed by atoms with Crippen molar-refractivity contribution in [1.82, 2.24) is 4.72 Å². The van der Waals surface area contributed by atoms with Crippen LogP contribution in [0.1, 0.15) is 12.5 Å². The third-order valence-electron chi connectivity index (χ3n) is 2.15. The Morgan fingerprint density at radius 2 is 1.94 bits per heavy atom. The van der Waals surface area contributed by atoms with Gasteiger partial charge in [0.2, 0.25) is 10.0 Å². The van der Waals surface area contributed by atoms with Gasteiger partial charge in [0.05, 0.1) is 5.75 Å². The number of rotatable bonds is 6. The lowest BCUT2D eigenvalue weighted by atomic mass is 10.1. The molecule has 0 heterocycles. The molecule has 0 aliphatic heterocycles. The van der Waals surface area contributed by atoms with E-state index in [1.54, 1.807) is 0 Å². The Bertz CT molecular complexity index is 403. The molecule has 0 aliphatic rings. The van der Waals surface area contributed by atoms with E-state index in [1.807, 2.05) is 37.3 Å². The van der Waals surface area contributed by atoms with Gasteiger partial charge >= 0.3 is 0 Å². The molecule has 3 N–H and O–H groups in total. The second-order valence-electron chi connectivity index (χ2n) is 3.82. The molecule has 0 amide bonds. The van der Waals surface area contributed by atoms with E-state index >= 15 is 0 Å². The summed E-state index contributed by atoms with van der Waals surface area (Å²) in [7, 11) is -3.23. The molecule has 0 aliphatic carbocycles. The molecule has 1 atom stereocenters. The van der Waals surface area contributed by atoms with Gasteiger partial charge in [-0.1, -0.05) is 30.3 Å². The molecule has 0 spiro atoms. The summed E-state index contributed by atoms with van der Waals surface area (Å²) in [5.74, 6) is -0.0217. The lowest BCUT2D eigenvalue weighted by Crippen LogP contribution is -2.37. The van der Waals surface area contributed by atoms with Gasteiger partial charge in [-0.15, -0.1) is 0 Å². The number of benzene rings is 1. The van der Waals surface area contributed by atoms with Crippen molar-refractivity contribution in [1.29, 1.82) is 0 Å². The van der Waals surface area contributed by atoms with Crippen LogP contribution in [-0.4, -0.2) is 26.8 Å². The summed E-state index contributed by atoms with van der Waals surface area (Å²) in [5, 5.41) is 0. The number of nitrogens with one attached hydrogen (secondary N) is 1. The molecular formula is C11H18N2O2S. The monoisotopic (exact) mass is 242 g/mol. The minimum Gasteiger partial charge on any atom is -0.329 e. The van der Waals surface area contributed by atoms with Crippen LogP contribution in [0.2, 0.25) is 0 Å². The summed E-state index contributed by atoms with van der Waals surface area (Å²) in [4.78, 5) is 0. The smallest absolute Gasteiger partial charge is 0.213 e. The number of sulfonamides is 1. The highest BCUT2D eigenvalue weighted by Gasteiger charge is 2.13. The maximum absolute atomic E-state index is 11.4. The summed E-state index contributed by atoms with van der Waals surface area (Å²) >= 11 is 0. The molecule has 90 valence electrons. The highest BCUT2D eigenvalue weighted by molar-refractivity contribution is 7.89. The van der Waals surface area contributed by atoms with Crippen LogP contribution < -0.4 is 10.5 Å². The molecule has 0 aromatic heterocycles. The van der Waals surface area contributed by atoms with E-state index < -0.39 is 10.0 Å². The Morgan fingerprint density at radius 3 is 2.50 bits per heavy atom. The first-order chi connectivity index (χ1) is 7.53. The van der Waals surface area contributed by atoms with E-state index in [0.29, 0.717) is 6.42 Å². The molecule has 0 radical (unpaired) electrons. The highest BCUT2D eigenvalue weighted by atomic mass is 32.2. The SMILES string of the molecule is CC(Cc1ccccc1)NS(=O)(=O)CCN. The van der Waals surface area contributed by atoms with E-state index in [-0.39, 0.29) is 18.3 Å². The van der Waals surface area contributed by atoms with Crippen molar-refractivity contribution in [3.63, 3.8) is 0 Å². The Morgan fingerprint density at radius 1 is 1.31 bits per heavy atom. The fourth-order valence-corrected chi connectivity index (χ4v) is 2.65. The number of hydrogen-bond donors (Lipinski definition) is 2. The first kappa shape index (κ1) is 13.2. The van der Waals surface area contributed by atoms with E-state index in [0.717, 1.165) is 5.56 Å². The molecular weight excluding hydrogens is 224 g/mol. The predicted molar refractivity (Wildman–Crippen MR) is 65.6 cm³/mol. The highest BCUT2D eigenvalue weighted by Crippen LogP contribution is 2.03. The number of nitrogens with two attached hydrogens (primary N) is 1. The van der Waals surface area contributed by atoms with Crippen LogP contribution in [0.25, 0.3) is 0 Å². The van der Waals surface area contributed by atoms with Gasteiger partial charge in [0.25, 0.3) is 0 Å². The molecule has 0 saturated heterocycles. The van der Waals surface area contributed by atoms with Gasteiger partial charge in [-0.05, 0) is 18.9 Å².